The van der Waals surface area contributed by atoms with Crippen LogP contribution in [-0.4, -0.2) is 42.3 Å². The van der Waals surface area contributed by atoms with Crippen molar-refractivity contribution < 1.29 is 24.2 Å². The van der Waals surface area contributed by atoms with Gasteiger partial charge in [0.15, 0.2) is 5.96 Å². The molecule has 2 aromatic rings. The maximum Gasteiger partial charge on any atom is 0.408 e. The van der Waals surface area contributed by atoms with Crippen molar-refractivity contribution in [2.24, 2.45) is 16.5 Å². The van der Waals surface area contributed by atoms with Crippen molar-refractivity contribution in [1.29, 1.82) is 0 Å². The second-order valence-corrected chi connectivity index (χ2v) is 6.81. The number of aliphatic imine (C=N–C) groups is 1. The van der Waals surface area contributed by atoms with Crippen molar-refractivity contribution in [2.45, 2.75) is 31.9 Å². The van der Waals surface area contributed by atoms with Crippen LogP contribution in [0.25, 0.3) is 0 Å². The van der Waals surface area contributed by atoms with Gasteiger partial charge in [-0.1, -0.05) is 42.5 Å². The second-order valence-electron chi connectivity index (χ2n) is 6.81. The van der Waals surface area contributed by atoms with Crippen molar-refractivity contribution in [3.05, 3.63) is 65.7 Å². The third kappa shape index (κ3) is 9.53. The first kappa shape index (κ1) is 23.5. The van der Waals surface area contributed by atoms with Gasteiger partial charge in [-0.3, -0.25) is 4.99 Å². The number of hydrogen-bond donors (Lipinski definition) is 4. The molecule has 0 heterocycles. The summed E-state index contributed by atoms with van der Waals surface area (Å²) in [5.41, 5.74) is 12.1. The largest absolute Gasteiger partial charge is 0.494 e. The molecule has 1 atom stereocenters. The van der Waals surface area contributed by atoms with Crippen molar-refractivity contribution in [3.63, 3.8) is 0 Å². The Hall–Kier alpha value is -3.75. The van der Waals surface area contributed by atoms with Gasteiger partial charge in [-0.25, -0.2) is 9.59 Å². The number of nitrogens with one attached hydrogen (secondary N) is 1. The van der Waals surface area contributed by atoms with Crippen molar-refractivity contribution >= 4 is 18.0 Å². The number of alkyl carbamates (subject to hydrolysis) is 1. The Balaban J connectivity index is 1.77. The Morgan fingerprint density at radius 1 is 1.00 bits per heavy atom. The minimum atomic E-state index is -1.14. The molecular formula is C22H28N4O5. The summed E-state index contributed by atoms with van der Waals surface area (Å²) in [7, 11) is 0. The zero-order chi connectivity index (χ0) is 22.5. The number of carboxylic acid groups (broad SMARTS) is 1. The van der Waals surface area contributed by atoms with Crippen LogP contribution in [0.2, 0.25) is 0 Å². The molecule has 2 aromatic carbocycles. The maximum atomic E-state index is 12.0. The van der Waals surface area contributed by atoms with E-state index in [0.29, 0.717) is 18.9 Å². The number of carbonyl (C=O) groups excluding carboxylic acids is 1. The van der Waals surface area contributed by atoms with Gasteiger partial charge in [0.1, 0.15) is 18.4 Å². The van der Waals surface area contributed by atoms with E-state index in [1.807, 2.05) is 30.3 Å². The summed E-state index contributed by atoms with van der Waals surface area (Å²) in [6.45, 7) is 1.14. The number of rotatable bonds is 12. The number of nitrogens with zero attached hydrogens (tertiary/aromatic N) is 1. The Kier molecular flexibility index (Phi) is 9.67. The number of nitrogens with two attached hydrogens (primary N) is 2. The van der Waals surface area contributed by atoms with E-state index in [2.05, 4.69) is 10.3 Å². The van der Waals surface area contributed by atoms with Crippen molar-refractivity contribution in [2.75, 3.05) is 13.2 Å². The molecule has 2 rings (SSSR count). The summed E-state index contributed by atoms with van der Waals surface area (Å²) in [5, 5.41) is 11.8. The van der Waals surface area contributed by atoms with Crippen LogP contribution in [0, 0.1) is 0 Å². The van der Waals surface area contributed by atoms with E-state index >= 15 is 0 Å². The Labute approximate surface area is 181 Å². The van der Waals surface area contributed by atoms with E-state index in [-0.39, 0.29) is 19.0 Å². The molecule has 166 valence electrons. The van der Waals surface area contributed by atoms with Gasteiger partial charge >= 0.3 is 12.1 Å². The maximum absolute atomic E-state index is 12.0. The lowest BCUT2D eigenvalue weighted by molar-refractivity contribution is -0.139. The average molecular weight is 428 g/mol. The molecule has 1 amide bonds. The summed E-state index contributed by atoms with van der Waals surface area (Å²) in [6.07, 6.45) is 0.947. The van der Waals surface area contributed by atoms with Crippen LogP contribution >= 0.6 is 0 Å². The standard InChI is InChI=1S/C22H28N4O5/c23-21(24)25-12-4-5-13-30-18-10-8-16(9-11-18)14-19(20(27)28)26-22(29)31-15-17-6-2-1-3-7-17/h1-3,6-11,19H,4-5,12-15H2,(H,26,29)(H,27,28)(H4,23,24,25). The highest BCUT2D eigenvalue weighted by molar-refractivity contribution is 5.80. The highest BCUT2D eigenvalue weighted by Crippen LogP contribution is 2.14. The number of hydrogen-bond acceptors (Lipinski definition) is 5. The lowest BCUT2D eigenvalue weighted by atomic mass is 10.1. The number of unbranched alkanes of at least 4 members (excludes halogenated alkanes) is 1. The number of aliphatic carboxylic acids is 1. The predicted octanol–water partition coefficient (Wildman–Crippen LogP) is 2.04. The van der Waals surface area contributed by atoms with Crippen molar-refractivity contribution in [3.8, 4) is 5.75 Å². The molecule has 6 N–H and O–H groups in total. The molecule has 0 aliphatic carbocycles. The molecule has 0 bridgehead atoms. The number of carbonyl (C=O) groups is 2. The van der Waals surface area contributed by atoms with Crippen LogP contribution in [-0.2, 0) is 22.6 Å². The average Bonchev–Trinajstić information content (AvgIpc) is 2.75. The fourth-order valence-electron chi connectivity index (χ4n) is 2.68. The van der Waals surface area contributed by atoms with Gasteiger partial charge < -0.3 is 31.4 Å². The summed E-state index contributed by atoms with van der Waals surface area (Å²) >= 11 is 0. The fraction of sp³-hybridized carbons (Fsp3) is 0.318. The molecule has 0 saturated heterocycles. The van der Waals surface area contributed by atoms with Crippen LogP contribution in [0.5, 0.6) is 5.75 Å². The first-order chi connectivity index (χ1) is 14.9. The minimum Gasteiger partial charge on any atom is -0.494 e. The van der Waals surface area contributed by atoms with Crippen LogP contribution < -0.4 is 21.5 Å². The zero-order valence-electron chi connectivity index (χ0n) is 17.2. The van der Waals surface area contributed by atoms with E-state index in [1.54, 1.807) is 24.3 Å². The van der Waals surface area contributed by atoms with Gasteiger partial charge in [0.25, 0.3) is 0 Å². The normalized spacial score (nSPS) is 11.2. The van der Waals surface area contributed by atoms with Gasteiger partial charge in [0, 0.05) is 13.0 Å². The number of ether oxygens (including phenoxy) is 2. The predicted molar refractivity (Wildman–Crippen MR) is 117 cm³/mol. The van der Waals surface area contributed by atoms with E-state index in [9.17, 15) is 14.7 Å². The summed E-state index contributed by atoms with van der Waals surface area (Å²) in [4.78, 5) is 27.4. The molecule has 0 aromatic heterocycles. The van der Waals surface area contributed by atoms with E-state index < -0.39 is 18.1 Å². The fourth-order valence-corrected chi connectivity index (χ4v) is 2.68. The molecular weight excluding hydrogens is 400 g/mol. The van der Waals surface area contributed by atoms with Gasteiger partial charge in [-0.2, -0.15) is 0 Å². The molecule has 31 heavy (non-hydrogen) atoms. The topological polar surface area (TPSA) is 149 Å². The molecule has 0 spiro atoms. The van der Waals surface area contributed by atoms with E-state index in [1.165, 1.54) is 0 Å². The van der Waals surface area contributed by atoms with Gasteiger partial charge in [-0.05, 0) is 36.1 Å². The highest BCUT2D eigenvalue weighted by Gasteiger charge is 2.21. The SMILES string of the molecule is NC(N)=NCCCCOc1ccc(CC(NC(=O)OCc2ccccc2)C(=O)O)cc1. The molecule has 0 aliphatic heterocycles. The first-order valence-electron chi connectivity index (χ1n) is 9.91. The van der Waals surface area contributed by atoms with Crippen LogP contribution in [0.4, 0.5) is 4.79 Å². The van der Waals surface area contributed by atoms with Crippen LogP contribution in [0.15, 0.2) is 59.6 Å². The number of amides is 1. The van der Waals surface area contributed by atoms with Crippen molar-refractivity contribution in [1.82, 2.24) is 5.32 Å². The molecule has 0 fully saturated rings. The number of carboxylic acids is 1. The Morgan fingerprint density at radius 2 is 1.71 bits per heavy atom. The Bertz CT molecular complexity index is 852. The van der Waals surface area contributed by atoms with Gasteiger partial charge in [0.05, 0.1) is 6.61 Å². The molecule has 1 unspecified atom stereocenters. The number of guanidine groups is 1. The molecule has 9 nitrogen and oxygen atoms in total. The summed E-state index contributed by atoms with van der Waals surface area (Å²) in [5.74, 6) is -0.388. The smallest absolute Gasteiger partial charge is 0.408 e. The van der Waals surface area contributed by atoms with Gasteiger partial charge in [-0.15, -0.1) is 0 Å². The number of benzene rings is 2. The first-order valence-corrected chi connectivity index (χ1v) is 9.91. The summed E-state index contributed by atoms with van der Waals surface area (Å²) in [6, 6.07) is 15.1. The van der Waals surface area contributed by atoms with Crippen LogP contribution in [0.1, 0.15) is 24.0 Å². The lowest BCUT2D eigenvalue weighted by Gasteiger charge is -2.15. The lowest BCUT2D eigenvalue weighted by Crippen LogP contribution is -2.42. The molecule has 9 heteroatoms. The monoisotopic (exact) mass is 428 g/mol. The van der Waals surface area contributed by atoms with E-state index in [4.69, 9.17) is 20.9 Å². The Morgan fingerprint density at radius 3 is 2.35 bits per heavy atom. The minimum absolute atomic E-state index is 0.0665. The van der Waals surface area contributed by atoms with Gasteiger partial charge in [0.2, 0.25) is 0 Å². The van der Waals surface area contributed by atoms with Crippen LogP contribution in [0.3, 0.4) is 0 Å². The molecule has 0 saturated carbocycles. The highest BCUT2D eigenvalue weighted by atomic mass is 16.5. The molecule has 0 aliphatic rings. The summed E-state index contributed by atoms with van der Waals surface area (Å²) < 4.78 is 10.7. The second kappa shape index (κ2) is 12.7. The molecule has 0 radical (unpaired) electrons. The zero-order valence-corrected chi connectivity index (χ0v) is 17.2. The third-order valence-corrected chi connectivity index (χ3v) is 4.28. The quantitative estimate of drug-likeness (QED) is 0.229. The third-order valence-electron chi connectivity index (χ3n) is 4.28. The van der Waals surface area contributed by atoms with E-state index in [0.717, 1.165) is 24.0 Å².